The zero-order chi connectivity index (χ0) is 13.3. The lowest BCUT2D eigenvalue weighted by atomic mass is 9.95. The number of hydrogen-bond donors (Lipinski definition) is 2. The molecule has 1 heterocycles. The van der Waals surface area contributed by atoms with Gasteiger partial charge in [-0.05, 0) is 11.1 Å². The minimum atomic E-state index is -3.44. The highest BCUT2D eigenvalue weighted by molar-refractivity contribution is 7.87. The fourth-order valence-electron chi connectivity index (χ4n) is 2.35. The topological polar surface area (TPSA) is 58.2 Å². The van der Waals surface area contributed by atoms with Gasteiger partial charge < -0.3 is 0 Å². The third-order valence-corrected chi connectivity index (χ3v) is 4.34. The van der Waals surface area contributed by atoms with Crippen molar-refractivity contribution >= 4 is 10.2 Å². The molecule has 1 fully saturated rings. The van der Waals surface area contributed by atoms with E-state index in [1.165, 1.54) is 0 Å². The minimum Gasteiger partial charge on any atom is -0.195 e. The second-order valence-electron chi connectivity index (χ2n) is 4.52. The van der Waals surface area contributed by atoms with Crippen LogP contribution in [0.25, 0.3) is 0 Å². The van der Waals surface area contributed by atoms with Gasteiger partial charge in [0.15, 0.2) is 0 Å². The smallest absolute Gasteiger partial charge is 0.195 e. The third-order valence-electron chi connectivity index (χ3n) is 3.21. The van der Waals surface area contributed by atoms with Crippen LogP contribution in [0.3, 0.4) is 0 Å². The molecule has 0 bridgehead atoms. The van der Waals surface area contributed by atoms with Gasteiger partial charge in [-0.15, -0.1) is 0 Å². The third kappa shape index (κ3) is 2.53. The Morgan fingerprint density at radius 2 is 1.05 bits per heavy atom. The number of rotatable bonds is 2. The Hall–Kier alpha value is -1.69. The summed E-state index contributed by atoms with van der Waals surface area (Å²) in [6, 6.07) is 18.6. The summed E-state index contributed by atoms with van der Waals surface area (Å²) in [6.45, 7) is 0. The summed E-state index contributed by atoms with van der Waals surface area (Å²) >= 11 is 0. The summed E-state index contributed by atoms with van der Waals surface area (Å²) < 4.78 is 28.9. The zero-order valence-electron chi connectivity index (χ0n) is 10.2. The van der Waals surface area contributed by atoms with Crippen LogP contribution in [0, 0.1) is 0 Å². The normalized spacial score (nSPS) is 25.3. The average Bonchev–Trinajstić information content (AvgIpc) is 2.77. The Morgan fingerprint density at radius 1 is 0.684 bits per heavy atom. The Bertz CT molecular complexity index is 603. The van der Waals surface area contributed by atoms with Crippen molar-refractivity contribution < 1.29 is 8.42 Å². The molecular weight excluding hydrogens is 260 g/mol. The van der Waals surface area contributed by atoms with Crippen molar-refractivity contribution in [3.05, 3.63) is 71.8 Å². The van der Waals surface area contributed by atoms with Crippen LogP contribution in [-0.2, 0) is 10.2 Å². The minimum absolute atomic E-state index is 0.284. The molecule has 5 heteroatoms. The second-order valence-corrected chi connectivity index (χ2v) is 5.99. The highest BCUT2D eigenvalue weighted by Crippen LogP contribution is 2.33. The molecule has 98 valence electrons. The molecule has 2 N–H and O–H groups in total. The van der Waals surface area contributed by atoms with Crippen LogP contribution in [0.2, 0.25) is 0 Å². The summed E-state index contributed by atoms with van der Waals surface area (Å²) in [6.07, 6.45) is 0. The van der Waals surface area contributed by atoms with Gasteiger partial charge in [-0.3, -0.25) is 0 Å². The lowest BCUT2D eigenvalue weighted by Crippen LogP contribution is -2.24. The van der Waals surface area contributed by atoms with Crippen molar-refractivity contribution in [2.24, 2.45) is 0 Å². The second kappa shape index (κ2) is 4.77. The maximum atomic E-state index is 11.8. The molecule has 0 radical (unpaired) electrons. The molecule has 19 heavy (non-hydrogen) atoms. The molecule has 2 unspecified atom stereocenters. The Balaban J connectivity index is 2.02. The van der Waals surface area contributed by atoms with E-state index in [0.717, 1.165) is 11.1 Å². The van der Waals surface area contributed by atoms with E-state index in [1.54, 1.807) is 0 Å². The molecule has 2 aromatic carbocycles. The monoisotopic (exact) mass is 274 g/mol. The van der Waals surface area contributed by atoms with E-state index >= 15 is 0 Å². The van der Waals surface area contributed by atoms with E-state index in [4.69, 9.17) is 0 Å². The van der Waals surface area contributed by atoms with Crippen molar-refractivity contribution in [3.8, 4) is 0 Å². The van der Waals surface area contributed by atoms with Gasteiger partial charge in [-0.1, -0.05) is 60.7 Å². The number of benzene rings is 2. The molecule has 0 aromatic heterocycles. The summed E-state index contributed by atoms with van der Waals surface area (Å²) in [7, 11) is -3.44. The van der Waals surface area contributed by atoms with Gasteiger partial charge in [0.05, 0.1) is 12.1 Å². The van der Waals surface area contributed by atoms with Gasteiger partial charge in [-0.25, -0.2) is 0 Å². The maximum absolute atomic E-state index is 11.8. The first kappa shape index (κ1) is 12.3. The molecule has 0 spiro atoms. The molecule has 0 aliphatic carbocycles. The fourth-order valence-corrected chi connectivity index (χ4v) is 3.63. The Kier molecular flexibility index (Phi) is 3.10. The van der Waals surface area contributed by atoms with Crippen LogP contribution in [0.5, 0.6) is 0 Å². The fraction of sp³-hybridized carbons (Fsp3) is 0.143. The molecule has 3 rings (SSSR count). The van der Waals surface area contributed by atoms with Gasteiger partial charge in [0.25, 0.3) is 10.2 Å². The molecule has 2 atom stereocenters. The van der Waals surface area contributed by atoms with Crippen LogP contribution in [-0.4, -0.2) is 8.42 Å². The lowest BCUT2D eigenvalue weighted by Gasteiger charge is -2.18. The van der Waals surface area contributed by atoms with E-state index < -0.39 is 10.2 Å². The van der Waals surface area contributed by atoms with E-state index in [9.17, 15) is 8.42 Å². The Labute approximate surface area is 112 Å². The van der Waals surface area contributed by atoms with E-state index in [2.05, 4.69) is 9.44 Å². The predicted molar refractivity (Wildman–Crippen MR) is 73.6 cm³/mol. The van der Waals surface area contributed by atoms with Crippen molar-refractivity contribution in [1.82, 2.24) is 9.44 Å². The van der Waals surface area contributed by atoms with Crippen molar-refractivity contribution in [2.45, 2.75) is 12.1 Å². The van der Waals surface area contributed by atoms with Crippen LogP contribution in [0.15, 0.2) is 60.7 Å². The van der Waals surface area contributed by atoms with Crippen LogP contribution in [0.1, 0.15) is 23.2 Å². The molecule has 1 aliphatic heterocycles. The standard InChI is InChI=1S/C14H14N2O2S/c17-19(18)15-13(11-7-3-1-4-8-11)14(16-19)12-9-5-2-6-10-12/h1-10,13-16H. The number of hydrogen-bond acceptors (Lipinski definition) is 2. The molecular formula is C14H14N2O2S. The molecule has 0 saturated carbocycles. The van der Waals surface area contributed by atoms with Gasteiger partial charge in [0.1, 0.15) is 0 Å². The molecule has 4 nitrogen and oxygen atoms in total. The number of nitrogens with one attached hydrogen (secondary N) is 2. The lowest BCUT2D eigenvalue weighted by molar-refractivity contribution is 0.554. The van der Waals surface area contributed by atoms with Crippen molar-refractivity contribution in [1.29, 1.82) is 0 Å². The summed E-state index contributed by atoms with van der Waals surface area (Å²) in [4.78, 5) is 0. The molecule has 1 saturated heterocycles. The molecule has 2 aromatic rings. The van der Waals surface area contributed by atoms with E-state index in [1.807, 2.05) is 60.7 Å². The summed E-state index contributed by atoms with van der Waals surface area (Å²) in [5.41, 5.74) is 1.90. The Morgan fingerprint density at radius 3 is 1.42 bits per heavy atom. The van der Waals surface area contributed by atoms with E-state index in [-0.39, 0.29) is 12.1 Å². The van der Waals surface area contributed by atoms with E-state index in [0.29, 0.717) is 0 Å². The average molecular weight is 274 g/mol. The van der Waals surface area contributed by atoms with Crippen LogP contribution >= 0.6 is 0 Å². The largest absolute Gasteiger partial charge is 0.278 e. The highest BCUT2D eigenvalue weighted by Gasteiger charge is 2.37. The maximum Gasteiger partial charge on any atom is 0.278 e. The predicted octanol–water partition coefficient (Wildman–Crippen LogP) is 1.91. The van der Waals surface area contributed by atoms with Crippen molar-refractivity contribution in [3.63, 3.8) is 0 Å². The SMILES string of the molecule is O=S1(=O)NC(c2ccccc2)C(c2ccccc2)N1. The van der Waals surface area contributed by atoms with Crippen LogP contribution in [0.4, 0.5) is 0 Å². The van der Waals surface area contributed by atoms with Gasteiger partial charge in [-0.2, -0.15) is 17.9 Å². The van der Waals surface area contributed by atoms with Gasteiger partial charge in [0, 0.05) is 0 Å². The van der Waals surface area contributed by atoms with Crippen LogP contribution < -0.4 is 9.44 Å². The first-order chi connectivity index (χ1) is 9.16. The first-order valence-electron chi connectivity index (χ1n) is 6.05. The zero-order valence-corrected chi connectivity index (χ0v) is 11.0. The molecule has 0 amide bonds. The molecule has 1 aliphatic rings. The highest BCUT2D eigenvalue weighted by atomic mass is 32.2. The van der Waals surface area contributed by atoms with Crippen molar-refractivity contribution in [2.75, 3.05) is 0 Å². The summed E-state index contributed by atoms with van der Waals surface area (Å²) in [5.74, 6) is 0. The van der Waals surface area contributed by atoms with Gasteiger partial charge in [0.2, 0.25) is 0 Å². The quantitative estimate of drug-likeness (QED) is 0.879. The van der Waals surface area contributed by atoms with Gasteiger partial charge >= 0.3 is 0 Å². The summed E-state index contributed by atoms with van der Waals surface area (Å²) in [5, 5.41) is 0. The first-order valence-corrected chi connectivity index (χ1v) is 7.53.